The standard InChI is InChI=1S/C20H23NO4/c1-2-3-11-24-19(23)16-15-9-10-20(25-15)13-21(18(22)17(16)20)12-14-7-5-4-6-8-14/h4-10,15-17H,2-3,11-13H2,1H3/t15-,16-,17-,20-/m0/s1. The molecule has 4 rings (SSSR count). The maximum absolute atomic E-state index is 13.0. The molecule has 2 saturated heterocycles. The van der Waals surface area contributed by atoms with Gasteiger partial charge in [-0.05, 0) is 12.0 Å². The van der Waals surface area contributed by atoms with Crippen molar-refractivity contribution in [2.75, 3.05) is 13.2 Å². The van der Waals surface area contributed by atoms with Crippen molar-refractivity contribution in [2.24, 2.45) is 11.8 Å². The van der Waals surface area contributed by atoms with E-state index in [2.05, 4.69) is 0 Å². The molecule has 1 aromatic carbocycles. The second-order valence-corrected chi connectivity index (χ2v) is 7.10. The highest BCUT2D eigenvalue weighted by atomic mass is 16.6. The van der Waals surface area contributed by atoms with Crippen molar-refractivity contribution in [2.45, 2.75) is 38.0 Å². The van der Waals surface area contributed by atoms with Gasteiger partial charge in [-0.15, -0.1) is 0 Å². The normalized spacial score (nSPS) is 32.3. The number of amides is 1. The third kappa shape index (κ3) is 2.67. The average molecular weight is 341 g/mol. The number of rotatable bonds is 6. The van der Waals surface area contributed by atoms with Crippen molar-refractivity contribution in [3.05, 3.63) is 48.0 Å². The van der Waals surface area contributed by atoms with Crippen LogP contribution in [-0.2, 0) is 25.6 Å². The Balaban J connectivity index is 1.52. The number of unbranched alkanes of at least 4 members (excludes halogenated alkanes) is 1. The van der Waals surface area contributed by atoms with E-state index in [0.717, 1.165) is 18.4 Å². The van der Waals surface area contributed by atoms with Gasteiger partial charge in [0, 0.05) is 6.54 Å². The molecule has 5 nitrogen and oxygen atoms in total. The van der Waals surface area contributed by atoms with Gasteiger partial charge >= 0.3 is 5.97 Å². The Labute approximate surface area is 147 Å². The Bertz CT molecular complexity index is 701. The molecule has 3 aliphatic rings. The molecule has 0 saturated carbocycles. The summed E-state index contributed by atoms with van der Waals surface area (Å²) in [5, 5.41) is 0. The maximum Gasteiger partial charge on any atom is 0.312 e. The molecule has 5 heteroatoms. The fourth-order valence-electron chi connectivity index (χ4n) is 4.20. The smallest absolute Gasteiger partial charge is 0.312 e. The molecule has 0 aliphatic carbocycles. The molecule has 1 spiro atoms. The van der Waals surface area contributed by atoms with Crippen LogP contribution in [0.5, 0.6) is 0 Å². The van der Waals surface area contributed by atoms with Gasteiger partial charge in [0.2, 0.25) is 5.91 Å². The molecule has 3 aliphatic heterocycles. The van der Waals surface area contributed by atoms with E-state index < -0.39 is 17.4 Å². The molecule has 4 atom stereocenters. The van der Waals surface area contributed by atoms with Crippen LogP contribution in [0.4, 0.5) is 0 Å². The summed E-state index contributed by atoms with van der Waals surface area (Å²) in [6, 6.07) is 9.89. The second kappa shape index (κ2) is 6.30. The molecule has 3 heterocycles. The van der Waals surface area contributed by atoms with Gasteiger partial charge in [0.15, 0.2) is 0 Å². The zero-order valence-corrected chi connectivity index (χ0v) is 14.4. The molecule has 1 amide bonds. The number of hydrogen-bond acceptors (Lipinski definition) is 4. The number of carbonyl (C=O) groups excluding carboxylic acids is 2. The topological polar surface area (TPSA) is 55.8 Å². The first-order valence-electron chi connectivity index (χ1n) is 9.01. The Morgan fingerprint density at radius 3 is 2.92 bits per heavy atom. The monoisotopic (exact) mass is 341 g/mol. The molecule has 2 bridgehead atoms. The average Bonchev–Trinajstić information content (AvgIpc) is 3.25. The quantitative estimate of drug-likeness (QED) is 0.453. The third-order valence-corrected chi connectivity index (χ3v) is 5.41. The highest BCUT2D eigenvalue weighted by Gasteiger charge is 2.67. The first-order valence-corrected chi connectivity index (χ1v) is 9.01. The Morgan fingerprint density at radius 2 is 2.16 bits per heavy atom. The zero-order valence-electron chi connectivity index (χ0n) is 14.4. The first kappa shape index (κ1) is 16.3. The van der Waals surface area contributed by atoms with Crippen LogP contribution in [0, 0.1) is 11.8 Å². The van der Waals surface area contributed by atoms with E-state index >= 15 is 0 Å². The fraction of sp³-hybridized carbons (Fsp3) is 0.500. The van der Waals surface area contributed by atoms with Gasteiger partial charge < -0.3 is 14.4 Å². The van der Waals surface area contributed by atoms with Gasteiger partial charge in [0.05, 0.1) is 25.2 Å². The summed E-state index contributed by atoms with van der Waals surface area (Å²) in [5.41, 5.74) is 0.415. The fourth-order valence-corrected chi connectivity index (χ4v) is 4.20. The van der Waals surface area contributed by atoms with Crippen molar-refractivity contribution in [3.63, 3.8) is 0 Å². The Morgan fingerprint density at radius 1 is 1.36 bits per heavy atom. The van der Waals surface area contributed by atoms with E-state index in [4.69, 9.17) is 9.47 Å². The van der Waals surface area contributed by atoms with Gasteiger partial charge in [-0.2, -0.15) is 0 Å². The lowest BCUT2D eigenvalue weighted by molar-refractivity contribution is -0.154. The van der Waals surface area contributed by atoms with Gasteiger partial charge in [0.1, 0.15) is 11.5 Å². The number of likely N-dealkylation sites (tertiary alicyclic amines) is 1. The highest BCUT2D eigenvalue weighted by molar-refractivity contribution is 5.91. The summed E-state index contributed by atoms with van der Waals surface area (Å²) >= 11 is 0. The van der Waals surface area contributed by atoms with Gasteiger partial charge in [-0.3, -0.25) is 9.59 Å². The van der Waals surface area contributed by atoms with Crippen LogP contribution in [0.1, 0.15) is 25.3 Å². The predicted molar refractivity (Wildman–Crippen MR) is 91.5 cm³/mol. The van der Waals surface area contributed by atoms with Crippen LogP contribution in [-0.4, -0.2) is 41.6 Å². The summed E-state index contributed by atoms with van der Waals surface area (Å²) in [6.45, 7) is 3.49. The minimum Gasteiger partial charge on any atom is -0.465 e. The molecule has 0 unspecified atom stereocenters. The zero-order chi connectivity index (χ0) is 17.4. The van der Waals surface area contributed by atoms with Crippen LogP contribution >= 0.6 is 0 Å². The van der Waals surface area contributed by atoms with Crippen LogP contribution in [0.2, 0.25) is 0 Å². The number of carbonyl (C=O) groups is 2. The summed E-state index contributed by atoms with van der Waals surface area (Å²) in [7, 11) is 0. The molecular formula is C20H23NO4. The third-order valence-electron chi connectivity index (χ3n) is 5.41. The predicted octanol–water partition coefficient (Wildman–Crippen LogP) is 2.31. The molecule has 0 radical (unpaired) electrons. The SMILES string of the molecule is CCCCOC(=O)[C@H]1[C@@H]2C=C[C@@]3(CN(Cc4ccccc4)C(=O)[C@H]13)O2. The van der Waals surface area contributed by atoms with Crippen LogP contribution in [0.15, 0.2) is 42.5 Å². The number of nitrogens with zero attached hydrogens (tertiary/aromatic N) is 1. The summed E-state index contributed by atoms with van der Waals surface area (Å²) in [5.74, 6) is -1.28. The maximum atomic E-state index is 13.0. The number of fused-ring (bicyclic) bond motifs is 1. The molecule has 2 fully saturated rings. The lowest BCUT2D eigenvalue weighted by atomic mass is 9.77. The van der Waals surface area contributed by atoms with Crippen LogP contribution in [0.3, 0.4) is 0 Å². The van der Waals surface area contributed by atoms with E-state index in [1.54, 1.807) is 4.90 Å². The number of esters is 1. The second-order valence-electron chi connectivity index (χ2n) is 7.10. The summed E-state index contributed by atoms with van der Waals surface area (Å²) in [4.78, 5) is 27.4. The minimum absolute atomic E-state index is 0.00635. The number of benzene rings is 1. The van der Waals surface area contributed by atoms with Gasteiger partial charge in [0.25, 0.3) is 0 Å². The van der Waals surface area contributed by atoms with Crippen molar-refractivity contribution >= 4 is 11.9 Å². The largest absolute Gasteiger partial charge is 0.465 e. The molecule has 1 aromatic rings. The van der Waals surface area contributed by atoms with E-state index in [1.807, 2.05) is 49.4 Å². The molecule has 0 aromatic heterocycles. The molecule has 132 valence electrons. The number of ether oxygens (including phenoxy) is 2. The van der Waals surface area contributed by atoms with E-state index in [1.165, 1.54) is 0 Å². The van der Waals surface area contributed by atoms with E-state index in [9.17, 15) is 9.59 Å². The van der Waals surface area contributed by atoms with Crippen molar-refractivity contribution in [1.29, 1.82) is 0 Å². The van der Waals surface area contributed by atoms with E-state index in [0.29, 0.717) is 19.7 Å². The van der Waals surface area contributed by atoms with Crippen LogP contribution in [0.25, 0.3) is 0 Å². The summed E-state index contributed by atoms with van der Waals surface area (Å²) in [6.07, 6.45) is 5.36. The first-order chi connectivity index (χ1) is 12.1. The minimum atomic E-state index is -0.662. The van der Waals surface area contributed by atoms with Crippen molar-refractivity contribution < 1.29 is 19.1 Å². The lowest BCUT2D eigenvalue weighted by Gasteiger charge is -2.22. The van der Waals surface area contributed by atoms with Crippen LogP contribution < -0.4 is 0 Å². The van der Waals surface area contributed by atoms with Crippen molar-refractivity contribution in [1.82, 2.24) is 4.90 Å². The van der Waals surface area contributed by atoms with Gasteiger partial charge in [-0.1, -0.05) is 55.8 Å². The Hall–Kier alpha value is -2.14. The molecule has 25 heavy (non-hydrogen) atoms. The Kier molecular flexibility index (Phi) is 4.12. The van der Waals surface area contributed by atoms with Gasteiger partial charge in [-0.25, -0.2) is 0 Å². The summed E-state index contributed by atoms with van der Waals surface area (Å²) < 4.78 is 11.5. The number of hydrogen-bond donors (Lipinski definition) is 0. The highest BCUT2D eigenvalue weighted by Crippen LogP contribution is 2.52. The lowest BCUT2D eigenvalue weighted by Crippen LogP contribution is -2.40. The van der Waals surface area contributed by atoms with Crippen molar-refractivity contribution in [3.8, 4) is 0 Å². The molecular weight excluding hydrogens is 318 g/mol. The van der Waals surface area contributed by atoms with E-state index in [-0.39, 0.29) is 18.0 Å². The molecule has 0 N–H and O–H groups in total.